The van der Waals surface area contributed by atoms with Gasteiger partial charge in [-0.1, -0.05) is 48.0 Å². The summed E-state index contributed by atoms with van der Waals surface area (Å²) in [5.74, 6) is 0. The fourth-order valence-corrected chi connectivity index (χ4v) is 3.36. The minimum Gasteiger partial charge on any atom is -0.303 e. The molecule has 2 heteroatoms. The molecule has 138 valence electrons. The second-order valence-corrected chi connectivity index (χ2v) is 10.1. The molecule has 1 fully saturated rings. The van der Waals surface area contributed by atoms with Gasteiger partial charge in [0.05, 0.1) is 0 Å². The highest BCUT2D eigenvalue weighted by molar-refractivity contribution is 4.70. The lowest BCUT2D eigenvalue weighted by Crippen LogP contribution is -2.35. The van der Waals surface area contributed by atoms with E-state index in [-0.39, 0.29) is 0 Å². The Balaban J connectivity index is 2.30. The molecule has 1 aliphatic rings. The molecule has 0 aromatic heterocycles. The monoisotopic (exact) mass is 324 g/mol. The van der Waals surface area contributed by atoms with E-state index in [2.05, 4.69) is 51.3 Å². The van der Waals surface area contributed by atoms with Gasteiger partial charge in [-0.05, 0) is 88.6 Å². The maximum atomic E-state index is 2.74. The second kappa shape index (κ2) is 10.0. The van der Waals surface area contributed by atoms with Gasteiger partial charge in [-0.15, -0.1) is 0 Å². The van der Waals surface area contributed by atoms with Crippen LogP contribution < -0.4 is 0 Å². The Bertz CT molecular complexity index is 292. The smallest absolute Gasteiger partial charge is 0.000654 e. The van der Waals surface area contributed by atoms with Crippen LogP contribution >= 0.6 is 0 Å². The van der Waals surface area contributed by atoms with E-state index in [1.165, 1.54) is 84.2 Å². The summed E-state index contributed by atoms with van der Waals surface area (Å²) in [6.07, 6.45) is 9.62. The maximum absolute atomic E-state index is 2.74. The zero-order chi connectivity index (χ0) is 17.3. The molecule has 0 atom stereocenters. The van der Waals surface area contributed by atoms with Gasteiger partial charge in [-0.25, -0.2) is 0 Å². The molecule has 0 unspecified atom stereocenters. The Hall–Kier alpha value is -0.0800. The van der Waals surface area contributed by atoms with E-state index in [4.69, 9.17) is 0 Å². The molecule has 0 aliphatic carbocycles. The molecule has 2 nitrogen and oxygen atoms in total. The first kappa shape index (κ1) is 21.0. The third kappa shape index (κ3) is 12.0. The molecule has 0 radical (unpaired) electrons. The van der Waals surface area contributed by atoms with Gasteiger partial charge in [0.25, 0.3) is 0 Å². The SMILES string of the molecule is CC(C)(C)CCCN(CCCN1CCCCC1)CCC(C)(C)C. The van der Waals surface area contributed by atoms with Gasteiger partial charge < -0.3 is 9.80 Å². The van der Waals surface area contributed by atoms with Crippen molar-refractivity contribution in [3.8, 4) is 0 Å². The van der Waals surface area contributed by atoms with E-state index in [9.17, 15) is 0 Å². The van der Waals surface area contributed by atoms with Crippen molar-refractivity contribution in [2.75, 3.05) is 39.3 Å². The van der Waals surface area contributed by atoms with Crippen LogP contribution in [0.3, 0.4) is 0 Å². The molecule has 1 heterocycles. The van der Waals surface area contributed by atoms with Crippen molar-refractivity contribution >= 4 is 0 Å². The minimum absolute atomic E-state index is 0.454. The molecule has 0 bridgehead atoms. The van der Waals surface area contributed by atoms with Gasteiger partial charge in [0.15, 0.2) is 0 Å². The summed E-state index contributed by atoms with van der Waals surface area (Å²) in [4.78, 5) is 5.42. The van der Waals surface area contributed by atoms with Gasteiger partial charge in [-0.3, -0.25) is 0 Å². The summed E-state index contributed by atoms with van der Waals surface area (Å²) in [6, 6.07) is 0. The number of hydrogen-bond donors (Lipinski definition) is 0. The van der Waals surface area contributed by atoms with Crippen molar-refractivity contribution in [2.24, 2.45) is 10.8 Å². The molecule has 23 heavy (non-hydrogen) atoms. The highest BCUT2D eigenvalue weighted by Gasteiger charge is 2.16. The van der Waals surface area contributed by atoms with E-state index < -0.39 is 0 Å². The predicted molar refractivity (Wildman–Crippen MR) is 104 cm³/mol. The van der Waals surface area contributed by atoms with Crippen LogP contribution in [-0.4, -0.2) is 49.1 Å². The number of piperidine rings is 1. The molecular formula is C21H44N2. The summed E-state index contributed by atoms with van der Waals surface area (Å²) < 4.78 is 0. The predicted octanol–water partition coefficient (Wildman–Crippen LogP) is 5.43. The Labute approximate surface area is 147 Å². The van der Waals surface area contributed by atoms with Crippen LogP contribution in [0.5, 0.6) is 0 Å². The first-order chi connectivity index (χ1) is 10.7. The molecule has 1 rings (SSSR count). The van der Waals surface area contributed by atoms with Gasteiger partial charge in [0, 0.05) is 0 Å². The number of hydrogen-bond acceptors (Lipinski definition) is 2. The number of nitrogens with zero attached hydrogens (tertiary/aromatic N) is 2. The molecular weight excluding hydrogens is 280 g/mol. The van der Waals surface area contributed by atoms with E-state index >= 15 is 0 Å². The standard InChI is InChI=1S/C21H44N2/c1-20(2,3)12-10-16-23(19-13-21(4,5)6)18-11-17-22-14-8-7-9-15-22/h7-19H2,1-6H3. The molecule has 0 saturated carbocycles. The Morgan fingerprint density at radius 3 is 1.83 bits per heavy atom. The van der Waals surface area contributed by atoms with Crippen molar-refractivity contribution in [1.29, 1.82) is 0 Å². The Kier molecular flexibility index (Phi) is 9.15. The van der Waals surface area contributed by atoms with Gasteiger partial charge >= 0.3 is 0 Å². The van der Waals surface area contributed by atoms with Gasteiger partial charge in [0.2, 0.25) is 0 Å². The van der Waals surface area contributed by atoms with E-state index in [0.717, 1.165) is 0 Å². The summed E-state index contributed by atoms with van der Waals surface area (Å²) >= 11 is 0. The number of likely N-dealkylation sites (tertiary alicyclic amines) is 1. The summed E-state index contributed by atoms with van der Waals surface area (Å²) in [5, 5.41) is 0. The van der Waals surface area contributed by atoms with Crippen LogP contribution in [0, 0.1) is 10.8 Å². The molecule has 0 N–H and O–H groups in total. The summed E-state index contributed by atoms with van der Waals surface area (Å²) in [5.41, 5.74) is 0.929. The van der Waals surface area contributed by atoms with Crippen LogP contribution in [0.2, 0.25) is 0 Å². The summed E-state index contributed by atoms with van der Waals surface area (Å²) in [7, 11) is 0. The topological polar surface area (TPSA) is 6.48 Å². The zero-order valence-electron chi connectivity index (χ0n) is 17.1. The number of rotatable bonds is 9. The Morgan fingerprint density at radius 2 is 1.26 bits per heavy atom. The van der Waals surface area contributed by atoms with Gasteiger partial charge in [0.1, 0.15) is 0 Å². The average molecular weight is 325 g/mol. The Morgan fingerprint density at radius 1 is 0.696 bits per heavy atom. The van der Waals surface area contributed by atoms with Gasteiger partial charge in [-0.2, -0.15) is 0 Å². The van der Waals surface area contributed by atoms with Crippen LogP contribution in [0.15, 0.2) is 0 Å². The minimum atomic E-state index is 0.454. The van der Waals surface area contributed by atoms with Crippen LogP contribution in [0.4, 0.5) is 0 Å². The van der Waals surface area contributed by atoms with Crippen molar-refractivity contribution < 1.29 is 0 Å². The molecule has 0 spiro atoms. The van der Waals surface area contributed by atoms with E-state index in [1.807, 2.05) is 0 Å². The van der Waals surface area contributed by atoms with Crippen LogP contribution in [-0.2, 0) is 0 Å². The first-order valence-electron chi connectivity index (χ1n) is 10.1. The van der Waals surface area contributed by atoms with Crippen molar-refractivity contribution in [3.05, 3.63) is 0 Å². The summed E-state index contributed by atoms with van der Waals surface area (Å²) in [6.45, 7) is 22.0. The highest BCUT2D eigenvalue weighted by Crippen LogP contribution is 2.22. The fourth-order valence-electron chi connectivity index (χ4n) is 3.36. The quantitative estimate of drug-likeness (QED) is 0.558. The third-order valence-electron chi connectivity index (χ3n) is 4.98. The van der Waals surface area contributed by atoms with E-state index in [1.54, 1.807) is 0 Å². The lowest BCUT2D eigenvalue weighted by molar-refractivity contribution is 0.184. The van der Waals surface area contributed by atoms with Crippen molar-refractivity contribution in [1.82, 2.24) is 9.80 Å². The fraction of sp³-hybridized carbons (Fsp3) is 1.00. The zero-order valence-corrected chi connectivity index (χ0v) is 17.1. The molecule has 1 saturated heterocycles. The van der Waals surface area contributed by atoms with Crippen LogP contribution in [0.25, 0.3) is 0 Å². The maximum Gasteiger partial charge on any atom is -0.000654 e. The molecule has 0 aromatic rings. The lowest BCUT2D eigenvalue weighted by atomic mass is 9.90. The largest absolute Gasteiger partial charge is 0.303 e. The lowest BCUT2D eigenvalue weighted by Gasteiger charge is -2.30. The van der Waals surface area contributed by atoms with E-state index in [0.29, 0.717) is 10.8 Å². The van der Waals surface area contributed by atoms with Crippen molar-refractivity contribution in [2.45, 2.75) is 86.5 Å². The van der Waals surface area contributed by atoms with Crippen molar-refractivity contribution in [3.63, 3.8) is 0 Å². The first-order valence-corrected chi connectivity index (χ1v) is 10.1. The normalized spacial score (nSPS) is 17.9. The molecule has 0 aromatic carbocycles. The second-order valence-electron chi connectivity index (χ2n) is 10.1. The highest BCUT2D eigenvalue weighted by atomic mass is 15.1. The average Bonchev–Trinajstić information content (AvgIpc) is 2.43. The molecule has 1 aliphatic heterocycles. The molecule has 0 amide bonds. The van der Waals surface area contributed by atoms with Crippen LogP contribution in [0.1, 0.15) is 86.5 Å². The third-order valence-corrected chi connectivity index (χ3v) is 4.98.